The van der Waals surface area contributed by atoms with Crippen molar-refractivity contribution in [3.05, 3.63) is 48.0 Å². The molecule has 1 amide bonds. The van der Waals surface area contributed by atoms with Gasteiger partial charge < -0.3 is 4.90 Å². The molecule has 2 aromatic rings. The van der Waals surface area contributed by atoms with Crippen molar-refractivity contribution in [2.45, 2.75) is 10.9 Å². The van der Waals surface area contributed by atoms with Crippen molar-refractivity contribution in [3.8, 4) is 0 Å². The van der Waals surface area contributed by atoms with Crippen LogP contribution < -0.4 is 5.32 Å². The zero-order chi connectivity index (χ0) is 15.9. The molecule has 0 saturated carbocycles. The van der Waals surface area contributed by atoms with E-state index in [1.165, 1.54) is 16.9 Å². The van der Waals surface area contributed by atoms with Crippen LogP contribution in [-0.4, -0.2) is 40.9 Å². The van der Waals surface area contributed by atoms with Crippen molar-refractivity contribution in [2.75, 3.05) is 25.2 Å². The SMILES string of the molecule is C=CCSc1nnc(NC(=O)c2ccc(CN(C)C)cc2)s1. The molecule has 116 valence electrons. The van der Waals surface area contributed by atoms with Gasteiger partial charge in [0.1, 0.15) is 0 Å². The van der Waals surface area contributed by atoms with Crippen LogP contribution in [0.4, 0.5) is 5.13 Å². The van der Waals surface area contributed by atoms with Crippen LogP contribution in [0.5, 0.6) is 0 Å². The van der Waals surface area contributed by atoms with Crippen molar-refractivity contribution < 1.29 is 4.79 Å². The molecule has 0 radical (unpaired) electrons. The van der Waals surface area contributed by atoms with Crippen molar-refractivity contribution in [1.29, 1.82) is 0 Å². The molecule has 1 aromatic carbocycles. The fraction of sp³-hybridized carbons (Fsp3) is 0.267. The van der Waals surface area contributed by atoms with E-state index in [9.17, 15) is 4.79 Å². The third-order valence-corrected chi connectivity index (χ3v) is 4.63. The number of amides is 1. The van der Waals surface area contributed by atoms with Gasteiger partial charge in [-0.15, -0.1) is 16.8 Å². The van der Waals surface area contributed by atoms with Crippen LogP contribution >= 0.6 is 23.1 Å². The van der Waals surface area contributed by atoms with E-state index in [2.05, 4.69) is 27.0 Å². The molecule has 0 saturated heterocycles. The number of carbonyl (C=O) groups is 1. The van der Waals surface area contributed by atoms with Gasteiger partial charge in [-0.25, -0.2) is 0 Å². The van der Waals surface area contributed by atoms with Gasteiger partial charge in [0.05, 0.1) is 0 Å². The number of hydrogen-bond donors (Lipinski definition) is 1. The molecule has 0 fully saturated rings. The van der Waals surface area contributed by atoms with Crippen molar-refractivity contribution in [1.82, 2.24) is 15.1 Å². The van der Waals surface area contributed by atoms with Gasteiger partial charge in [0.15, 0.2) is 4.34 Å². The predicted octanol–water partition coefficient (Wildman–Crippen LogP) is 3.13. The average molecular weight is 334 g/mol. The summed E-state index contributed by atoms with van der Waals surface area (Å²) < 4.78 is 0.816. The Kier molecular flexibility index (Phi) is 6.11. The minimum absolute atomic E-state index is 0.173. The lowest BCUT2D eigenvalue weighted by atomic mass is 10.1. The Balaban J connectivity index is 1.96. The largest absolute Gasteiger partial charge is 0.305 e. The Hall–Kier alpha value is -1.70. The second-order valence-electron chi connectivity index (χ2n) is 4.86. The highest BCUT2D eigenvalue weighted by atomic mass is 32.2. The second-order valence-corrected chi connectivity index (χ2v) is 7.11. The van der Waals surface area contributed by atoms with Gasteiger partial charge in [-0.1, -0.05) is 41.3 Å². The smallest absolute Gasteiger partial charge is 0.257 e. The van der Waals surface area contributed by atoms with E-state index < -0.39 is 0 Å². The van der Waals surface area contributed by atoms with Crippen LogP contribution in [0.25, 0.3) is 0 Å². The zero-order valence-electron chi connectivity index (χ0n) is 12.6. The maximum absolute atomic E-state index is 12.2. The molecular formula is C15H18N4OS2. The summed E-state index contributed by atoms with van der Waals surface area (Å²) in [6.45, 7) is 4.51. The maximum atomic E-state index is 12.2. The molecule has 0 aliphatic carbocycles. The van der Waals surface area contributed by atoms with E-state index in [1.54, 1.807) is 17.8 Å². The maximum Gasteiger partial charge on any atom is 0.257 e. The van der Waals surface area contributed by atoms with Gasteiger partial charge in [0, 0.05) is 17.9 Å². The first-order valence-corrected chi connectivity index (χ1v) is 8.51. The van der Waals surface area contributed by atoms with Crippen LogP contribution in [0.1, 0.15) is 15.9 Å². The summed E-state index contributed by atoms with van der Waals surface area (Å²) in [5.74, 6) is 0.600. The molecule has 0 spiro atoms. The summed E-state index contributed by atoms with van der Waals surface area (Å²) in [7, 11) is 4.02. The van der Waals surface area contributed by atoms with Crippen molar-refractivity contribution >= 4 is 34.1 Å². The standard InChI is InChI=1S/C15H18N4OS2/c1-4-9-21-15-18-17-14(22-15)16-13(20)12-7-5-11(6-8-12)10-19(2)3/h4-8H,1,9-10H2,2-3H3,(H,16,17,20). The number of rotatable bonds is 7. The van der Waals surface area contributed by atoms with Crippen LogP contribution in [0, 0.1) is 0 Å². The Bertz CT molecular complexity index is 637. The molecule has 2 rings (SSSR count). The molecule has 5 nitrogen and oxygen atoms in total. The monoisotopic (exact) mass is 334 g/mol. The average Bonchev–Trinajstić information content (AvgIpc) is 2.92. The summed E-state index contributed by atoms with van der Waals surface area (Å²) in [4.78, 5) is 14.2. The van der Waals surface area contributed by atoms with Crippen LogP contribution in [0.15, 0.2) is 41.3 Å². The van der Waals surface area contributed by atoms with E-state index >= 15 is 0 Å². The first-order valence-electron chi connectivity index (χ1n) is 6.70. The molecule has 0 aliphatic heterocycles. The number of thioether (sulfide) groups is 1. The molecule has 7 heteroatoms. The minimum Gasteiger partial charge on any atom is -0.305 e. The van der Waals surface area contributed by atoms with E-state index in [4.69, 9.17) is 0 Å². The fourth-order valence-electron chi connectivity index (χ4n) is 1.74. The number of nitrogens with zero attached hydrogens (tertiary/aromatic N) is 3. The third-order valence-electron chi connectivity index (χ3n) is 2.67. The number of benzene rings is 1. The first-order chi connectivity index (χ1) is 10.6. The van der Waals surface area contributed by atoms with Gasteiger partial charge in [0.2, 0.25) is 5.13 Å². The van der Waals surface area contributed by atoms with Gasteiger partial charge in [-0.3, -0.25) is 10.1 Å². The quantitative estimate of drug-likeness (QED) is 0.479. The van der Waals surface area contributed by atoms with Crippen LogP contribution in [0.3, 0.4) is 0 Å². The molecule has 1 heterocycles. The topological polar surface area (TPSA) is 58.1 Å². The highest BCUT2D eigenvalue weighted by molar-refractivity contribution is 8.01. The Labute approximate surface area is 138 Å². The van der Waals surface area contributed by atoms with Gasteiger partial charge in [0.25, 0.3) is 5.91 Å². The molecule has 1 aromatic heterocycles. The summed E-state index contributed by atoms with van der Waals surface area (Å²) in [6, 6.07) is 7.56. The Morgan fingerprint density at radius 2 is 2.09 bits per heavy atom. The molecule has 1 N–H and O–H groups in total. The lowest BCUT2D eigenvalue weighted by Gasteiger charge is -2.09. The number of nitrogens with one attached hydrogen (secondary N) is 1. The second kappa shape index (κ2) is 8.07. The van der Waals surface area contributed by atoms with Crippen LogP contribution in [-0.2, 0) is 6.54 Å². The van der Waals surface area contributed by atoms with Gasteiger partial charge in [-0.05, 0) is 31.8 Å². The first kappa shape index (κ1) is 16.7. The van der Waals surface area contributed by atoms with E-state index in [-0.39, 0.29) is 5.91 Å². The molecule has 22 heavy (non-hydrogen) atoms. The number of carbonyl (C=O) groups excluding carboxylic acids is 1. The summed E-state index contributed by atoms with van der Waals surface area (Å²) >= 11 is 2.90. The van der Waals surface area contributed by atoms with E-state index in [0.29, 0.717) is 10.7 Å². The highest BCUT2D eigenvalue weighted by Crippen LogP contribution is 2.25. The lowest BCUT2D eigenvalue weighted by molar-refractivity contribution is 0.102. The normalized spacial score (nSPS) is 10.7. The summed E-state index contributed by atoms with van der Waals surface area (Å²) in [6.07, 6.45) is 1.81. The van der Waals surface area contributed by atoms with E-state index in [1.807, 2.05) is 38.4 Å². The molecular weight excluding hydrogens is 316 g/mol. The Morgan fingerprint density at radius 1 is 1.36 bits per heavy atom. The highest BCUT2D eigenvalue weighted by Gasteiger charge is 2.10. The number of aromatic nitrogens is 2. The van der Waals surface area contributed by atoms with Crippen molar-refractivity contribution in [3.63, 3.8) is 0 Å². The number of anilines is 1. The lowest BCUT2D eigenvalue weighted by Crippen LogP contribution is -2.13. The number of hydrogen-bond acceptors (Lipinski definition) is 6. The van der Waals surface area contributed by atoms with Crippen LogP contribution in [0.2, 0.25) is 0 Å². The molecule has 0 bridgehead atoms. The predicted molar refractivity (Wildman–Crippen MR) is 92.6 cm³/mol. The summed E-state index contributed by atoms with van der Waals surface area (Å²) in [5.41, 5.74) is 1.78. The molecule has 0 unspecified atom stereocenters. The third kappa shape index (κ3) is 4.94. The zero-order valence-corrected chi connectivity index (χ0v) is 14.2. The molecule has 0 atom stereocenters. The van der Waals surface area contributed by atoms with Gasteiger partial charge >= 0.3 is 0 Å². The summed E-state index contributed by atoms with van der Waals surface area (Å²) in [5, 5.41) is 11.3. The fourth-order valence-corrected chi connectivity index (χ4v) is 3.25. The van der Waals surface area contributed by atoms with Gasteiger partial charge in [-0.2, -0.15) is 0 Å². The molecule has 0 aliphatic rings. The van der Waals surface area contributed by atoms with Crippen molar-refractivity contribution in [2.24, 2.45) is 0 Å². The minimum atomic E-state index is -0.173. The Morgan fingerprint density at radius 3 is 2.73 bits per heavy atom. The van der Waals surface area contributed by atoms with E-state index in [0.717, 1.165) is 16.6 Å².